The molecule has 3 aliphatic carbocycles. The van der Waals surface area contributed by atoms with Crippen LogP contribution < -0.4 is 0 Å². The van der Waals surface area contributed by atoms with Crippen molar-refractivity contribution in [3.63, 3.8) is 0 Å². The molecule has 0 aromatic carbocycles. The van der Waals surface area contributed by atoms with Crippen LogP contribution in [0.15, 0.2) is 0 Å². The zero-order chi connectivity index (χ0) is 20.2. The minimum Gasteiger partial charge on any atom is -0.0625 e. The molecule has 3 aliphatic rings. The van der Waals surface area contributed by atoms with Gasteiger partial charge in [-0.1, -0.05) is 142 Å². The van der Waals surface area contributed by atoms with E-state index in [0.29, 0.717) is 0 Å². The number of rotatable bonds is 2. The van der Waals surface area contributed by atoms with Gasteiger partial charge in [0.1, 0.15) is 0 Å². The Labute approximate surface area is 184 Å². The lowest BCUT2D eigenvalue weighted by atomic mass is 9.75. The third kappa shape index (κ3) is 9.35. The van der Waals surface area contributed by atoms with Crippen LogP contribution in [0.4, 0.5) is 0 Å². The van der Waals surface area contributed by atoms with E-state index in [9.17, 15) is 0 Å². The molecule has 0 radical (unpaired) electrons. The molecule has 29 heavy (non-hydrogen) atoms. The summed E-state index contributed by atoms with van der Waals surface area (Å²) in [4.78, 5) is 0. The van der Waals surface area contributed by atoms with Gasteiger partial charge in [-0.2, -0.15) is 0 Å². The summed E-state index contributed by atoms with van der Waals surface area (Å²) in [7, 11) is 0. The van der Waals surface area contributed by atoms with Gasteiger partial charge in [0.05, 0.1) is 0 Å². The van der Waals surface area contributed by atoms with Gasteiger partial charge in [-0.05, 0) is 42.4 Å². The molecule has 3 saturated carbocycles. The molecule has 3 rings (SSSR count). The Morgan fingerprint density at radius 2 is 1.00 bits per heavy atom. The summed E-state index contributed by atoms with van der Waals surface area (Å²) in [6, 6.07) is 0. The highest BCUT2D eigenvalue weighted by Gasteiger charge is 2.29. The van der Waals surface area contributed by atoms with Gasteiger partial charge in [0, 0.05) is 0 Å². The van der Waals surface area contributed by atoms with Crippen LogP contribution in [0.1, 0.15) is 155 Å². The summed E-state index contributed by atoms with van der Waals surface area (Å²) < 4.78 is 0. The second kappa shape index (κ2) is 14.1. The highest BCUT2D eigenvalue weighted by molar-refractivity contribution is 4.81. The minimum atomic E-state index is 0.984. The molecule has 0 N–H and O–H groups in total. The monoisotopic (exact) mass is 402 g/mol. The Bertz CT molecular complexity index is 389. The fraction of sp³-hybridized carbons (Fsp3) is 1.00. The zero-order valence-electron chi connectivity index (χ0n) is 20.2. The van der Waals surface area contributed by atoms with E-state index < -0.39 is 0 Å². The number of fused-ring (bicyclic) bond motifs is 2. The predicted octanol–water partition coefficient (Wildman–Crippen LogP) is 10.1. The molecular weight excluding hydrogens is 348 g/mol. The molecular formula is C29H54. The fourth-order valence-corrected chi connectivity index (χ4v) is 7.28. The molecule has 3 fully saturated rings. The van der Waals surface area contributed by atoms with Gasteiger partial charge in [-0.25, -0.2) is 0 Å². The second-order valence-corrected chi connectivity index (χ2v) is 11.7. The second-order valence-electron chi connectivity index (χ2n) is 11.7. The summed E-state index contributed by atoms with van der Waals surface area (Å²) in [5.41, 5.74) is 0. The molecule has 0 nitrogen and oxygen atoms in total. The quantitative estimate of drug-likeness (QED) is 0.431. The van der Waals surface area contributed by atoms with Gasteiger partial charge in [0.25, 0.3) is 0 Å². The molecule has 170 valence electrons. The average Bonchev–Trinajstić information content (AvgIpc) is 2.90. The van der Waals surface area contributed by atoms with E-state index in [4.69, 9.17) is 0 Å². The molecule has 0 saturated heterocycles. The molecule has 2 bridgehead atoms. The van der Waals surface area contributed by atoms with E-state index in [2.05, 4.69) is 6.92 Å². The Hall–Kier alpha value is 0. The molecule has 4 unspecified atom stereocenters. The van der Waals surface area contributed by atoms with Gasteiger partial charge in [-0.3, -0.25) is 0 Å². The summed E-state index contributed by atoms with van der Waals surface area (Å²) in [5.74, 6) is 5.29. The van der Waals surface area contributed by atoms with E-state index in [1.807, 2.05) is 0 Å². The van der Waals surface area contributed by atoms with Gasteiger partial charge in [-0.15, -0.1) is 0 Å². The van der Waals surface area contributed by atoms with Crippen LogP contribution in [0.3, 0.4) is 0 Å². The predicted molar refractivity (Wildman–Crippen MR) is 129 cm³/mol. The van der Waals surface area contributed by atoms with Crippen molar-refractivity contribution in [3.8, 4) is 0 Å². The number of hydrogen-bond donors (Lipinski definition) is 0. The Morgan fingerprint density at radius 1 is 0.483 bits per heavy atom. The summed E-state index contributed by atoms with van der Waals surface area (Å²) in [6.07, 6.45) is 35.4. The Balaban J connectivity index is 1.56. The van der Waals surface area contributed by atoms with Crippen molar-refractivity contribution in [3.05, 3.63) is 0 Å². The third-order valence-corrected chi connectivity index (χ3v) is 9.18. The van der Waals surface area contributed by atoms with Crippen molar-refractivity contribution in [2.75, 3.05) is 0 Å². The lowest BCUT2D eigenvalue weighted by Gasteiger charge is -2.31. The first-order valence-corrected chi connectivity index (χ1v) is 14.3. The minimum absolute atomic E-state index is 0.984. The molecule has 0 aliphatic heterocycles. The molecule has 0 heterocycles. The van der Waals surface area contributed by atoms with E-state index in [1.54, 1.807) is 57.8 Å². The molecule has 4 atom stereocenters. The largest absolute Gasteiger partial charge is 0.0625 e. The maximum atomic E-state index is 2.52. The van der Waals surface area contributed by atoms with Crippen molar-refractivity contribution >= 4 is 0 Å². The van der Waals surface area contributed by atoms with Crippen LogP contribution in [0.5, 0.6) is 0 Å². The van der Waals surface area contributed by atoms with Crippen molar-refractivity contribution in [1.82, 2.24) is 0 Å². The molecule has 0 aromatic heterocycles. The van der Waals surface area contributed by atoms with Gasteiger partial charge < -0.3 is 0 Å². The maximum Gasteiger partial charge on any atom is -0.0383 e. The SMILES string of the molecule is CC1CCCCCCC2CC(CCC1)CCCC2CC1CCCCCCCCC1. The summed E-state index contributed by atoms with van der Waals surface area (Å²) in [6.45, 7) is 2.52. The van der Waals surface area contributed by atoms with Crippen molar-refractivity contribution < 1.29 is 0 Å². The normalized spacial score (nSPS) is 35.5. The zero-order valence-corrected chi connectivity index (χ0v) is 20.2. The van der Waals surface area contributed by atoms with Crippen molar-refractivity contribution in [2.24, 2.45) is 29.6 Å². The van der Waals surface area contributed by atoms with Crippen molar-refractivity contribution in [2.45, 2.75) is 155 Å². The smallest absolute Gasteiger partial charge is 0.0383 e. The number of hydrogen-bond acceptors (Lipinski definition) is 0. The van der Waals surface area contributed by atoms with Gasteiger partial charge >= 0.3 is 0 Å². The molecule has 0 aromatic rings. The van der Waals surface area contributed by atoms with Crippen molar-refractivity contribution in [1.29, 1.82) is 0 Å². The molecule has 0 amide bonds. The first kappa shape index (κ1) is 23.7. The first-order valence-electron chi connectivity index (χ1n) is 14.3. The highest BCUT2D eigenvalue weighted by Crippen LogP contribution is 2.42. The van der Waals surface area contributed by atoms with E-state index in [0.717, 1.165) is 29.6 Å². The van der Waals surface area contributed by atoms with Crippen LogP contribution in [-0.4, -0.2) is 0 Å². The maximum absolute atomic E-state index is 2.52. The van der Waals surface area contributed by atoms with Crippen LogP contribution in [0.2, 0.25) is 0 Å². The van der Waals surface area contributed by atoms with E-state index >= 15 is 0 Å². The lowest BCUT2D eigenvalue weighted by molar-refractivity contribution is 0.204. The summed E-state index contributed by atoms with van der Waals surface area (Å²) >= 11 is 0. The van der Waals surface area contributed by atoms with Crippen LogP contribution in [-0.2, 0) is 0 Å². The Kier molecular flexibility index (Phi) is 11.5. The van der Waals surface area contributed by atoms with Gasteiger partial charge in [0.15, 0.2) is 0 Å². The van der Waals surface area contributed by atoms with E-state index in [1.165, 1.54) is 89.9 Å². The Morgan fingerprint density at radius 3 is 1.69 bits per heavy atom. The third-order valence-electron chi connectivity index (χ3n) is 9.18. The molecule has 0 spiro atoms. The topological polar surface area (TPSA) is 0 Å². The fourth-order valence-electron chi connectivity index (χ4n) is 7.28. The molecule has 0 heteroatoms. The summed E-state index contributed by atoms with van der Waals surface area (Å²) in [5, 5.41) is 0. The van der Waals surface area contributed by atoms with Crippen LogP contribution in [0.25, 0.3) is 0 Å². The standard InChI is InChI=1S/C29H54/c1-25-15-9-7-8-12-21-28-24-27(19-13-16-25)20-14-22-29(28)23-26-17-10-5-3-2-4-6-11-18-26/h25-29H,2-24H2,1H3. The van der Waals surface area contributed by atoms with Gasteiger partial charge in [0.2, 0.25) is 0 Å². The van der Waals surface area contributed by atoms with Crippen LogP contribution in [0, 0.1) is 29.6 Å². The van der Waals surface area contributed by atoms with E-state index in [-0.39, 0.29) is 0 Å². The lowest BCUT2D eigenvalue weighted by Crippen LogP contribution is -2.20. The van der Waals surface area contributed by atoms with Crippen LogP contribution >= 0.6 is 0 Å². The highest BCUT2D eigenvalue weighted by atomic mass is 14.4. The first-order chi connectivity index (χ1) is 14.3. The average molecular weight is 403 g/mol.